The minimum atomic E-state index is -0.126. The van der Waals surface area contributed by atoms with Gasteiger partial charge in [-0.3, -0.25) is 4.57 Å². The van der Waals surface area contributed by atoms with Crippen LogP contribution in [0.4, 0.5) is 0 Å². The summed E-state index contributed by atoms with van der Waals surface area (Å²) < 4.78 is 4.61. The molecule has 0 unspecified atom stereocenters. The Morgan fingerprint density at radius 1 is 0.323 bits per heavy atom. The van der Waals surface area contributed by atoms with Crippen LogP contribution in [0.3, 0.4) is 0 Å². The van der Waals surface area contributed by atoms with E-state index in [0.717, 1.165) is 33.5 Å². The second kappa shape index (κ2) is 14.3. The minimum absolute atomic E-state index is 0.126. The summed E-state index contributed by atoms with van der Waals surface area (Å²) in [5.41, 5.74) is 19.6. The molecule has 3 heterocycles. The molecular formula is C61H42N4. The van der Waals surface area contributed by atoms with Gasteiger partial charge in [0.2, 0.25) is 5.95 Å². The molecule has 0 saturated heterocycles. The predicted molar refractivity (Wildman–Crippen MR) is 270 cm³/mol. The highest BCUT2D eigenvalue weighted by molar-refractivity contribution is 6.11. The van der Waals surface area contributed by atoms with E-state index in [-0.39, 0.29) is 5.41 Å². The quantitative estimate of drug-likeness (QED) is 0.167. The highest BCUT2D eigenvalue weighted by Crippen LogP contribution is 2.51. The highest BCUT2D eigenvalue weighted by atomic mass is 15.2. The van der Waals surface area contributed by atoms with E-state index in [1.807, 2.05) is 12.1 Å². The van der Waals surface area contributed by atoms with Gasteiger partial charge in [-0.1, -0.05) is 166 Å². The summed E-state index contributed by atoms with van der Waals surface area (Å²) in [5, 5.41) is 4.85. The first kappa shape index (κ1) is 37.2. The van der Waals surface area contributed by atoms with Crippen LogP contribution in [0.5, 0.6) is 0 Å². The van der Waals surface area contributed by atoms with Gasteiger partial charge in [-0.25, -0.2) is 9.97 Å². The fourth-order valence-electron chi connectivity index (χ4n) is 10.6. The Bertz CT molecular complexity index is 3780. The molecule has 306 valence electrons. The summed E-state index contributed by atoms with van der Waals surface area (Å²) in [5.74, 6) is 0.650. The zero-order valence-corrected chi connectivity index (χ0v) is 36.1. The van der Waals surface area contributed by atoms with Gasteiger partial charge in [-0.05, 0) is 111 Å². The van der Waals surface area contributed by atoms with Crippen LogP contribution in [-0.4, -0.2) is 19.1 Å². The molecule has 3 aromatic heterocycles. The summed E-state index contributed by atoms with van der Waals surface area (Å²) >= 11 is 0. The fraction of sp³-hybridized carbons (Fsp3) is 0.0492. The number of para-hydroxylation sites is 3. The van der Waals surface area contributed by atoms with Crippen molar-refractivity contribution in [1.82, 2.24) is 19.1 Å². The lowest BCUT2D eigenvalue weighted by Gasteiger charge is -2.21. The third-order valence-electron chi connectivity index (χ3n) is 13.8. The third-order valence-corrected chi connectivity index (χ3v) is 13.8. The molecule has 0 radical (unpaired) electrons. The smallest absolute Gasteiger partial charge is 0.235 e. The number of rotatable bonds is 6. The average molecular weight is 831 g/mol. The van der Waals surface area contributed by atoms with E-state index in [9.17, 15) is 0 Å². The Hall–Kier alpha value is -8.34. The van der Waals surface area contributed by atoms with Crippen molar-refractivity contribution in [3.05, 3.63) is 230 Å². The number of aromatic nitrogens is 4. The van der Waals surface area contributed by atoms with Crippen LogP contribution in [0.1, 0.15) is 25.0 Å². The van der Waals surface area contributed by atoms with Gasteiger partial charge in [-0.2, -0.15) is 0 Å². The van der Waals surface area contributed by atoms with Gasteiger partial charge in [-0.15, -0.1) is 0 Å². The Labute approximate surface area is 377 Å². The SMILES string of the molecule is CC1(C)c2ccc(-c3ccc4c(c3)c3ccccc3n4-c3ccccc3)cc2-c2cc(-c3ccc4c(c3)c3ccccc3n4-c3nc(-c4ccccc4)cc(-c4ccccc4)n3)ccc21. The lowest BCUT2D eigenvalue weighted by molar-refractivity contribution is 0.660. The van der Waals surface area contributed by atoms with Gasteiger partial charge in [0.25, 0.3) is 0 Å². The van der Waals surface area contributed by atoms with E-state index in [0.29, 0.717) is 5.95 Å². The van der Waals surface area contributed by atoms with E-state index < -0.39 is 0 Å². The minimum Gasteiger partial charge on any atom is -0.309 e. The van der Waals surface area contributed by atoms with Crippen LogP contribution in [0, 0.1) is 0 Å². The molecule has 13 rings (SSSR count). The van der Waals surface area contributed by atoms with Crippen LogP contribution < -0.4 is 0 Å². The van der Waals surface area contributed by atoms with Crippen molar-refractivity contribution in [1.29, 1.82) is 0 Å². The lowest BCUT2D eigenvalue weighted by atomic mass is 9.82. The van der Waals surface area contributed by atoms with Crippen LogP contribution in [-0.2, 0) is 5.41 Å². The number of hydrogen-bond acceptors (Lipinski definition) is 2. The first-order chi connectivity index (χ1) is 32.0. The first-order valence-electron chi connectivity index (χ1n) is 22.4. The molecular weight excluding hydrogens is 789 g/mol. The Kier molecular flexibility index (Phi) is 8.22. The fourth-order valence-corrected chi connectivity index (χ4v) is 10.6. The van der Waals surface area contributed by atoms with Crippen molar-refractivity contribution in [2.24, 2.45) is 0 Å². The molecule has 1 aliphatic carbocycles. The zero-order valence-electron chi connectivity index (χ0n) is 36.1. The van der Waals surface area contributed by atoms with E-state index in [4.69, 9.17) is 9.97 Å². The topological polar surface area (TPSA) is 35.6 Å². The molecule has 0 bridgehead atoms. The van der Waals surface area contributed by atoms with Gasteiger partial charge in [0, 0.05) is 43.8 Å². The summed E-state index contributed by atoms with van der Waals surface area (Å²) in [6.07, 6.45) is 0. The van der Waals surface area contributed by atoms with Crippen molar-refractivity contribution >= 4 is 43.6 Å². The summed E-state index contributed by atoms with van der Waals surface area (Å²) in [6.45, 7) is 4.72. The maximum absolute atomic E-state index is 5.25. The van der Waals surface area contributed by atoms with E-state index in [1.165, 1.54) is 82.8 Å². The molecule has 0 N–H and O–H groups in total. The third kappa shape index (κ3) is 5.84. The van der Waals surface area contributed by atoms with Gasteiger partial charge < -0.3 is 4.57 Å². The van der Waals surface area contributed by atoms with Crippen molar-refractivity contribution in [2.45, 2.75) is 19.3 Å². The first-order valence-corrected chi connectivity index (χ1v) is 22.4. The zero-order chi connectivity index (χ0) is 43.2. The number of nitrogens with zero attached hydrogens (tertiary/aromatic N) is 4. The molecule has 0 saturated carbocycles. The summed E-state index contributed by atoms with van der Waals surface area (Å²) in [4.78, 5) is 10.5. The maximum atomic E-state index is 5.25. The van der Waals surface area contributed by atoms with Crippen LogP contribution in [0.25, 0.3) is 111 Å². The van der Waals surface area contributed by atoms with Crippen molar-refractivity contribution in [3.8, 4) is 67.5 Å². The Morgan fingerprint density at radius 2 is 0.723 bits per heavy atom. The van der Waals surface area contributed by atoms with Crippen molar-refractivity contribution in [2.75, 3.05) is 0 Å². The molecule has 0 fully saturated rings. The second-order valence-corrected chi connectivity index (χ2v) is 17.8. The summed E-state index contributed by atoms with van der Waals surface area (Å²) in [7, 11) is 0. The van der Waals surface area contributed by atoms with Gasteiger partial charge >= 0.3 is 0 Å². The predicted octanol–water partition coefficient (Wildman–Crippen LogP) is 15.6. The molecule has 4 nitrogen and oxygen atoms in total. The van der Waals surface area contributed by atoms with Crippen molar-refractivity contribution in [3.63, 3.8) is 0 Å². The number of hydrogen-bond donors (Lipinski definition) is 0. The van der Waals surface area contributed by atoms with Gasteiger partial charge in [0.15, 0.2) is 0 Å². The van der Waals surface area contributed by atoms with Crippen LogP contribution >= 0.6 is 0 Å². The second-order valence-electron chi connectivity index (χ2n) is 17.8. The monoisotopic (exact) mass is 830 g/mol. The molecule has 0 amide bonds. The van der Waals surface area contributed by atoms with E-state index in [2.05, 4.69) is 229 Å². The van der Waals surface area contributed by atoms with Crippen LogP contribution in [0.2, 0.25) is 0 Å². The molecule has 0 aliphatic heterocycles. The normalized spacial score (nSPS) is 12.9. The molecule has 12 aromatic rings. The number of fused-ring (bicyclic) bond motifs is 9. The molecule has 9 aromatic carbocycles. The average Bonchev–Trinajstić information content (AvgIpc) is 3.96. The molecule has 1 aliphatic rings. The molecule has 4 heteroatoms. The number of benzene rings is 9. The Morgan fingerprint density at radius 3 is 1.25 bits per heavy atom. The van der Waals surface area contributed by atoms with E-state index in [1.54, 1.807) is 0 Å². The van der Waals surface area contributed by atoms with E-state index >= 15 is 0 Å². The van der Waals surface area contributed by atoms with Crippen LogP contribution in [0.15, 0.2) is 218 Å². The highest BCUT2D eigenvalue weighted by Gasteiger charge is 2.36. The van der Waals surface area contributed by atoms with Gasteiger partial charge in [0.05, 0.1) is 33.5 Å². The lowest BCUT2D eigenvalue weighted by Crippen LogP contribution is -2.14. The summed E-state index contributed by atoms with van der Waals surface area (Å²) in [6, 6.07) is 79.0. The molecule has 65 heavy (non-hydrogen) atoms. The van der Waals surface area contributed by atoms with Gasteiger partial charge in [0.1, 0.15) is 0 Å². The van der Waals surface area contributed by atoms with Crippen molar-refractivity contribution < 1.29 is 0 Å². The largest absolute Gasteiger partial charge is 0.309 e. The molecule has 0 spiro atoms. The standard InChI is InChI=1S/C61H42N4/c1-61(2)52-30-26-41(43-28-32-58-50(36-43)46-22-12-14-24-56(46)64(58)45-20-10-5-11-21-45)34-48(52)49-35-42(27-31-53(49)61)44-29-33-59-51(37-44)47-23-13-15-25-57(47)65(59)60-62-54(39-16-6-3-7-17-39)38-55(63-60)40-18-8-4-9-19-40/h3-38H,1-2H3. The Balaban J connectivity index is 0.927. The molecule has 0 atom stereocenters. The maximum Gasteiger partial charge on any atom is 0.235 e.